The third-order valence-corrected chi connectivity index (χ3v) is 4.41. The molecule has 3 rings (SSSR count). The molecule has 1 aromatic heterocycles. The Bertz CT molecular complexity index is 774. The van der Waals surface area contributed by atoms with Gasteiger partial charge in [-0.3, -0.25) is 0 Å². The van der Waals surface area contributed by atoms with Gasteiger partial charge in [-0.05, 0) is 19.9 Å². The van der Waals surface area contributed by atoms with Crippen molar-refractivity contribution in [3.8, 4) is 11.5 Å². The summed E-state index contributed by atoms with van der Waals surface area (Å²) in [6.45, 7) is 4.05. The van der Waals surface area contributed by atoms with Crippen LogP contribution in [0.15, 0.2) is 23.6 Å². The molecule has 8 heteroatoms. The molecule has 25 heavy (non-hydrogen) atoms. The van der Waals surface area contributed by atoms with Gasteiger partial charge in [-0.15, -0.1) is 11.3 Å². The number of benzene rings is 1. The molecule has 0 spiro atoms. The minimum atomic E-state index is -0.984. The first-order valence-electron chi connectivity index (χ1n) is 7.80. The summed E-state index contributed by atoms with van der Waals surface area (Å²) in [6.07, 6.45) is -0.169. The van der Waals surface area contributed by atoms with Crippen molar-refractivity contribution in [3.63, 3.8) is 0 Å². The Hall–Kier alpha value is -2.32. The number of nitrogens with one attached hydrogen (secondary N) is 1. The molecule has 2 heterocycles. The molecule has 1 atom stereocenters. The number of fused-ring (bicyclic) bond motifs is 1. The lowest BCUT2D eigenvalue weighted by atomic mass is 10.0. The van der Waals surface area contributed by atoms with E-state index in [1.54, 1.807) is 5.38 Å². The van der Waals surface area contributed by atoms with Gasteiger partial charge in [-0.2, -0.15) is 0 Å². The topological polar surface area (TPSA) is 89.9 Å². The zero-order valence-electron chi connectivity index (χ0n) is 14.2. The van der Waals surface area contributed by atoms with Gasteiger partial charge in [0.2, 0.25) is 0 Å². The van der Waals surface area contributed by atoms with Crippen molar-refractivity contribution in [3.05, 3.63) is 34.8 Å². The number of hydrogen-bond donors (Lipinski definition) is 2. The third-order valence-electron chi connectivity index (χ3n) is 3.64. The quantitative estimate of drug-likeness (QED) is 0.601. The Balaban J connectivity index is 1.59. The number of aliphatic hydroxyl groups is 1. The molecule has 0 aliphatic carbocycles. The smallest absolute Gasteiger partial charge is 0.357 e. The van der Waals surface area contributed by atoms with E-state index < -0.39 is 12.2 Å². The Morgan fingerprint density at radius 3 is 3.08 bits per heavy atom. The molecule has 0 fully saturated rings. The fraction of sp³-hybridized carbons (Fsp3) is 0.412. The number of methoxy groups -OCH3 is 1. The van der Waals surface area contributed by atoms with Gasteiger partial charge in [0.25, 0.3) is 0 Å². The summed E-state index contributed by atoms with van der Waals surface area (Å²) < 4.78 is 16.2. The summed E-state index contributed by atoms with van der Waals surface area (Å²) >= 11 is 1.20. The number of ether oxygens (including phenoxy) is 3. The highest BCUT2D eigenvalue weighted by Crippen LogP contribution is 2.41. The minimum absolute atomic E-state index is 0.00732. The van der Waals surface area contributed by atoms with Gasteiger partial charge >= 0.3 is 5.97 Å². The summed E-state index contributed by atoms with van der Waals surface area (Å²) in [7, 11) is 1.29. The van der Waals surface area contributed by atoms with E-state index in [0.717, 1.165) is 17.7 Å². The van der Waals surface area contributed by atoms with Gasteiger partial charge in [0.1, 0.15) is 12.2 Å². The number of anilines is 1. The lowest BCUT2D eigenvalue weighted by Crippen LogP contribution is -2.27. The van der Waals surface area contributed by atoms with Crippen LogP contribution in [0.1, 0.15) is 29.9 Å². The van der Waals surface area contributed by atoms with Crippen LogP contribution in [0.3, 0.4) is 0 Å². The number of aliphatic hydroxyl groups excluding tert-OH is 1. The maximum absolute atomic E-state index is 11.4. The van der Waals surface area contributed by atoms with Gasteiger partial charge in [0.05, 0.1) is 7.11 Å². The molecule has 1 aromatic carbocycles. The van der Waals surface area contributed by atoms with Crippen LogP contribution < -0.4 is 14.8 Å². The summed E-state index contributed by atoms with van der Waals surface area (Å²) in [5.74, 6) is 0.801. The Morgan fingerprint density at radius 2 is 2.32 bits per heavy atom. The van der Waals surface area contributed by atoms with Crippen LogP contribution in [-0.2, 0) is 11.2 Å². The lowest BCUT2D eigenvalue weighted by molar-refractivity contribution is 0.0594. The average Bonchev–Trinajstić information content (AvgIpc) is 3.14. The van der Waals surface area contributed by atoms with E-state index in [-0.39, 0.29) is 17.9 Å². The third kappa shape index (κ3) is 4.02. The Labute approximate surface area is 149 Å². The number of para-hydroxylation sites is 1. The highest BCUT2D eigenvalue weighted by molar-refractivity contribution is 7.13. The van der Waals surface area contributed by atoms with Gasteiger partial charge < -0.3 is 24.6 Å². The highest BCUT2D eigenvalue weighted by atomic mass is 32.1. The number of carbonyl (C=O) groups excluding carboxylic acids is 1. The van der Waals surface area contributed by atoms with Crippen LogP contribution in [0.5, 0.6) is 11.5 Å². The number of nitrogens with zero attached hydrogens (tertiary/aromatic N) is 1. The zero-order chi connectivity index (χ0) is 18.0. The van der Waals surface area contributed by atoms with Crippen LogP contribution in [0.25, 0.3) is 0 Å². The molecule has 7 nitrogen and oxygen atoms in total. The van der Waals surface area contributed by atoms with E-state index >= 15 is 0 Å². The average molecular weight is 364 g/mol. The molecule has 1 unspecified atom stereocenters. The van der Waals surface area contributed by atoms with Crippen molar-refractivity contribution in [1.29, 1.82) is 0 Å². The summed E-state index contributed by atoms with van der Waals surface area (Å²) in [5, 5.41) is 14.8. The van der Waals surface area contributed by atoms with Crippen molar-refractivity contribution in [2.24, 2.45) is 0 Å². The minimum Gasteiger partial charge on any atom is -0.485 e. The fourth-order valence-corrected chi connectivity index (χ4v) is 3.32. The van der Waals surface area contributed by atoms with E-state index in [2.05, 4.69) is 15.0 Å². The summed E-state index contributed by atoms with van der Waals surface area (Å²) in [4.78, 5) is 15.4. The molecule has 134 valence electrons. The number of thiazole rings is 1. The van der Waals surface area contributed by atoms with E-state index in [9.17, 15) is 9.90 Å². The van der Waals surface area contributed by atoms with Crippen molar-refractivity contribution >= 4 is 22.4 Å². The summed E-state index contributed by atoms with van der Waals surface area (Å²) in [6, 6.07) is 5.73. The first kappa shape index (κ1) is 17.5. The van der Waals surface area contributed by atoms with E-state index in [1.165, 1.54) is 18.4 Å². The molecule has 1 aliphatic heterocycles. The standard InChI is InChI=1S/C17H20N2O5S/c1-17(2)7-10-5-4-6-12(14(10)24-17)23-8-13(20)19-16-18-11(9-25-16)15(21)22-3/h4-6,9,13,20H,7-8H2,1-3H3,(H,18,19). The van der Waals surface area contributed by atoms with Crippen LogP contribution in [0.2, 0.25) is 0 Å². The molecule has 1 aliphatic rings. The normalized spacial score (nSPS) is 15.8. The monoisotopic (exact) mass is 364 g/mol. The molecule has 0 amide bonds. The predicted octanol–water partition coefficient (Wildman–Crippen LogP) is 2.45. The summed E-state index contributed by atoms with van der Waals surface area (Å²) in [5.41, 5.74) is 1.02. The maximum Gasteiger partial charge on any atom is 0.357 e. The molecule has 0 radical (unpaired) electrons. The lowest BCUT2D eigenvalue weighted by Gasteiger charge is -2.19. The molecule has 0 bridgehead atoms. The van der Waals surface area contributed by atoms with Crippen molar-refractivity contribution in [2.45, 2.75) is 32.1 Å². The van der Waals surface area contributed by atoms with E-state index in [4.69, 9.17) is 9.47 Å². The molecule has 0 saturated carbocycles. The van der Waals surface area contributed by atoms with Crippen molar-refractivity contribution in [1.82, 2.24) is 4.98 Å². The molecule has 2 aromatic rings. The number of carbonyl (C=O) groups is 1. The van der Waals surface area contributed by atoms with Gasteiger partial charge in [-0.1, -0.05) is 12.1 Å². The molecular formula is C17H20N2O5S. The predicted molar refractivity (Wildman–Crippen MR) is 93.4 cm³/mol. The first-order chi connectivity index (χ1) is 11.9. The Kier molecular flexibility index (Phi) is 4.82. The van der Waals surface area contributed by atoms with Crippen molar-refractivity contribution < 1.29 is 24.1 Å². The van der Waals surface area contributed by atoms with E-state index in [0.29, 0.717) is 10.9 Å². The van der Waals surface area contributed by atoms with Gasteiger partial charge in [0, 0.05) is 17.4 Å². The largest absolute Gasteiger partial charge is 0.485 e. The van der Waals surface area contributed by atoms with Crippen LogP contribution >= 0.6 is 11.3 Å². The maximum atomic E-state index is 11.4. The SMILES string of the molecule is COC(=O)c1csc(NC(O)COc2cccc3c2OC(C)(C)C3)n1. The fourth-order valence-electron chi connectivity index (χ4n) is 2.59. The number of hydrogen-bond acceptors (Lipinski definition) is 8. The highest BCUT2D eigenvalue weighted by Gasteiger charge is 2.32. The Morgan fingerprint density at radius 1 is 1.52 bits per heavy atom. The van der Waals surface area contributed by atoms with Gasteiger partial charge in [-0.25, -0.2) is 9.78 Å². The second kappa shape index (κ2) is 6.89. The molecular weight excluding hydrogens is 344 g/mol. The number of esters is 1. The molecule has 0 saturated heterocycles. The first-order valence-corrected chi connectivity index (χ1v) is 8.68. The van der Waals surface area contributed by atoms with Crippen molar-refractivity contribution in [2.75, 3.05) is 19.0 Å². The number of rotatable bonds is 6. The second-order valence-electron chi connectivity index (χ2n) is 6.28. The number of aromatic nitrogens is 1. The zero-order valence-corrected chi connectivity index (χ0v) is 15.1. The second-order valence-corrected chi connectivity index (χ2v) is 7.14. The van der Waals surface area contributed by atoms with Gasteiger partial charge in [0.15, 0.2) is 28.6 Å². The van der Waals surface area contributed by atoms with Crippen LogP contribution in [0.4, 0.5) is 5.13 Å². The van der Waals surface area contributed by atoms with Crippen LogP contribution in [0, 0.1) is 0 Å². The van der Waals surface area contributed by atoms with Crippen LogP contribution in [-0.4, -0.2) is 41.6 Å². The van der Waals surface area contributed by atoms with E-state index in [1.807, 2.05) is 32.0 Å². The molecule has 2 N–H and O–H groups in total.